The van der Waals surface area contributed by atoms with Gasteiger partial charge >= 0.3 is 6.18 Å². The molecule has 21 heavy (non-hydrogen) atoms. The van der Waals surface area contributed by atoms with E-state index in [9.17, 15) is 17.6 Å². The molecule has 5 heteroatoms. The SMILES string of the molecule is CNC(CC(C)C(C)(C)C)c1ccc(C(F)(F)F)c(F)c1. The van der Waals surface area contributed by atoms with Crippen LogP contribution in [0.5, 0.6) is 0 Å². The standard InChI is InChI=1S/C16H23F4N/c1-10(15(2,3)4)8-14(21-5)11-6-7-12(13(17)9-11)16(18,19)20/h6-7,9-10,14,21H,8H2,1-5H3. The van der Waals surface area contributed by atoms with Gasteiger partial charge in [-0.2, -0.15) is 13.2 Å². The Morgan fingerprint density at radius 3 is 2.10 bits per heavy atom. The molecular weight excluding hydrogens is 282 g/mol. The summed E-state index contributed by atoms with van der Waals surface area (Å²) in [5.41, 5.74) is -0.594. The third-order valence-corrected chi connectivity index (χ3v) is 4.12. The fraction of sp³-hybridized carbons (Fsp3) is 0.625. The normalized spacial score (nSPS) is 15.9. The van der Waals surface area contributed by atoms with Gasteiger partial charge in [0, 0.05) is 6.04 Å². The average Bonchev–Trinajstić information content (AvgIpc) is 2.32. The molecule has 0 spiro atoms. The third-order valence-electron chi connectivity index (χ3n) is 4.12. The van der Waals surface area contributed by atoms with Gasteiger partial charge in [-0.25, -0.2) is 4.39 Å². The number of rotatable bonds is 4. The molecule has 0 aromatic heterocycles. The van der Waals surface area contributed by atoms with Crippen molar-refractivity contribution in [1.29, 1.82) is 0 Å². The summed E-state index contributed by atoms with van der Waals surface area (Å²) in [6.07, 6.45) is -3.93. The van der Waals surface area contributed by atoms with Gasteiger partial charge in [-0.1, -0.05) is 33.8 Å². The first kappa shape index (κ1) is 18.0. The lowest BCUT2D eigenvalue weighted by Gasteiger charge is -2.31. The summed E-state index contributed by atoms with van der Waals surface area (Å²) < 4.78 is 51.4. The second-order valence-electron chi connectivity index (χ2n) is 6.58. The van der Waals surface area contributed by atoms with Gasteiger partial charge in [0.15, 0.2) is 0 Å². The summed E-state index contributed by atoms with van der Waals surface area (Å²) in [5.74, 6) is -0.885. The highest BCUT2D eigenvalue weighted by Crippen LogP contribution is 2.35. The van der Waals surface area contributed by atoms with Crippen LogP contribution >= 0.6 is 0 Å². The van der Waals surface area contributed by atoms with Gasteiger partial charge in [-0.05, 0) is 42.5 Å². The molecule has 1 aromatic rings. The molecule has 2 atom stereocenters. The third kappa shape index (κ3) is 4.70. The van der Waals surface area contributed by atoms with E-state index in [-0.39, 0.29) is 11.5 Å². The summed E-state index contributed by atoms with van der Waals surface area (Å²) in [5, 5.41) is 3.06. The minimum atomic E-state index is -4.66. The molecule has 120 valence electrons. The highest BCUT2D eigenvalue weighted by Gasteiger charge is 2.34. The van der Waals surface area contributed by atoms with E-state index in [0.29, 0.717) is 11.5 Å². The summed E-state index contributed by atoms with van der Waals surface area (Å²) >= 11 is 0. The van der Waals surface area contributed by atoms with Crippen LogP contribution in [0.1, 0.15) is 51.3 Å². The van der Waals surface area contributed by atoms with Crippen LogP contribution in [0.15, 0.2) is 18.2 Å². The van der Waals surface area contributed by atoms with Crippen LogP contribution in [0.3, 0.4) is 0 Å². The van der Waals surface area contributed by atoms with Crippen molar-refractivity contribution in [3.63, 3.8) is 0 Å². The van der Waals surface area contributed by atoms with Crippen LogP contribution in [0.4, 0.5) is 17.6 Å². The van der Waals surface area contributed by atoms with E-state index in [1.807, 2.05) is 0 Å². The minimum absolute atomic E-state index is 0.0829. The van der Waals surface area contributed by atoms with Crippen molar-refractivity contribution in [3.05, 3.63) is 35.1 Å². The Labute approximate surface area is 123 Å². The fourth-order valence-electron chi connectivity index (χ4n) is 2.11. The molecule has 0 amide bonds. The van der Waals surface area contributed by atoms with Crippen LogP contribution < -0.4 is 5.32 Å². The Kier molecular flexibility index (Phi) is 5.42. The van der Waals surface area contributed by atoms with E-state index in [2.05, 4.69) is 33.0 Å². The van der Waals surface area contributed by atoms with Gasteiger partial charge in [0.2, 0.25) is 0 Å². The number of benzene rings is 1. The molecule has 1 nitrogen and oxygen atoms in total. The summed E-state index contributed by atoms with van der Waals surface area (Å²) in [6.45, 7) is 8.41. The van der Waals surface area contributed by atoms with Crippen molar-refractivity contribution in [1.82, 2.24) is 5.32 Å². The van der Waals surface area contributed by atoms with Gasteiger partial charge in [-0.15, -0.1) is 0 Å². The summed E-state index contributed by atoms with van der Waals surface area (Å²) in [6, 6.07) is 2.98. The van der Waals surface area contributed by atoms with Gasteiger partial charge < -0.3 is 5.32 Å². The minimum Gasteiger partial charge on any atom is -0.313 e. The van der Waals surface area contributed by atoms with E-state index in [1.54, 1.807) is 7.05 Å². The molecule has 0 aliphatic rings. The maximum absolute atomic E-state index is 13.7. The number of hydrogen-bond donors (Lipinski definition) is 1. The lowest BCUT2D eigenvalue weighted by Crippen LogP contribution is -2.25. The molecule has 0 aliphatic heterocycles. The Morgan fingerprint density at radius 2 is 1.71 bits per heavy atom. The van der Waals surface area contributed by atoms with Crippen molar-refractivity contribution in [2.45, 2.75) is 46.3 Å². The quantitative estimate of drug-likeness (QED) is 0.756. The van der Waals surface area contributed by atoms with Crippen molar-refractivity contribution < 1.29 is 17.6 Å². The molecule has 0 saturated heterocycles. The zero-order valence-corrected chi connectivity index (χ0v) is 13.1. The maximum Gasteiger partial charge on any atom is 0.419 e. The predicted molar refractivity (Wildman–Crippen MR) is 76.4 cm³/mol. The van der Waals surface area contributed by atoms with Gasteiger partial charge in [0.1, 0.15) is 5.82 Å². The first-order chi connectivity index (χ1) is 9.46. The van der Waals surface area contributed by atoms with E-state index in [4.69, 9.17) is 0 Å². The van der Waals surface area contributed by atoms with E-state index < -0.39 is 17.6 Å². The first-order valence-electron chi connectivity index (χ1n) is 7.00. The van der Waals surface area contributed by atoms with E-state index in [1.165, 1.54) is 6.07 Å². The summed E-state index contributed by atoms with van der Waals surface area (Å²) in [4.78, 5) is 0. The molecule has 0 fully saturated rings. The van der Waals surface area contributed by atoms with Crippen molar-refractivity contribution in [2.75, 3.05) is 7.05 Å². The number of alkyl halides is 3. The zero-order valence-electron chi connectivity index (χ0n) is 13.1. The topological polar surface area (TPSA) is 12.0 Å². The van der Waals surface area contributed by atoms with E-state index in [0.717, 1.165) is 18.6 Å². The zero-order chi connectivity index (χ0) is 16.4. The molecular formula is C16H23F4N. The van der Waals surface area contributed by atoms with Crippen molar-refractivity contribution in [3.8, 4) is 0 Å². The molecule has 0 radical (unpaired) electrons. The lowest BCUT2D eigenvalue weighted by molar-refractivity contribution is -0.140. The molecule has 1 rings (SSSR count). The van der Waals surface area contributed by atoms with Crippen LogP contribution in [0.25, 0.3) is 0 Å². The monoisotopic (exact) mass is 305 g/mol. The summed E-state index contributed by atoms with van der Waals surface area (Å²) in [7, 11) is 1.73. The highest BCUT2D eigenvalue weighted by molar-refractivity contribution is 5.28. The van der Waals surface area contributed by atoms with Gasteiger partial charge in [-0.3, -0.25) is 0 Å². The fourth-order valence-corrected chi connectivity index (χ4v) is 2.11. The largest absolute Gasteiger partial charge is 0.419 e. The Hall–Kier alpha value is -1.10. The maximum atomic E-state index is 13.7. The first-order valence-corrected chi connectivity index (χ1v) is 7.00. The van der Waals surface area contributed by atoms with Crippen LogP contribution in [-0.2, 0) is 6.18 Å². The molecule has 1 aromatic carbocycles. The van der Waals surface area contributed by atoms with Crippen molar-refractivity contribution in [2.24, 2.45) is 11.3 Å². The number of nitrogens with one attached hydrogen (secondary N) is 1. The smallest absolute Gasteiger partial charge is 0.313 e. The molecule has 0 bridgehead atoms. The van der Waals surface area contributed by atoms with Crippen LogP contribution in [-0.4, -0.2) is 7.05 Å². The number of hydrogen-bond acceptors (Lipinski definition) is 1. The van der Waals surface area contributed by atoms with Gasteiger partial charge in [0.25, 0.3) is 0 Å². The highest BCUT2D eigenvalue weighted by atomic mass is 19.4. The predicted octanol–water partition coefficient (Wildman–Crippen LogP) is 5.18. The second kappa shape index (κ2) is 6.34. The number of halogens is 4. The molecule has 0 heterocycles. The Balaban J connectivity index is 3.00. The second-order valence-corrected chi connectivity index (χ2v) is 6.58. The van der Waals surface area contributed by atoms with E-state index >= 15 is 0 Å². The molecule has 1 N–H and O–H groups in total. The van der Waals surface area contributed by atoms with Crippen LogP contribution in [0, 0.1) is 17.2 Å². The lowest BCUT2D eigenvalue weighted by atomic mass is 9.77. The Bertz CT molecular complexity index is 474. The average molecular weight is 305 g/mol. The molecule has 0 aliphatic carbocycles. The molecule has 2 unspecified atom stereocenters. The van der Waals surface area contributed by atoms with Crippen LogP contribution in [0.2, 0.25) is 0 Å². The molecule has 0 saturated carbocycles. The Morgan fingerprint density at radius 1 is 1.14 bits per heavy atom. The van der Waals surface area contributed by atoms with Crippen molar-refractivity contribution >= 4 is 0 Å². The van der Waals surface area contributed by atoms with Gasteiger partial charge in [0.05, 0.1) is 5.56 Å².